The average Bonchev–Trinajstić information content (AvgIpc) is 3.40. The lowest BCUT2D eigenvalue weighted by Crippen LogP contribution is -2.40. The van der Waals surface area contributed by atoms with Crippen molar-refractivity contribution in [2.75, 3.05) is 12.4 Å². The summed E-state index contributed by atoms with van der Waals surface area (Å²) in [6.45, 7) is 3.64. The molecule has 2 aromatic carbocycles. The first-order valence-electron chi connectivity index (χ1n) is 11.0. The second-order valence-corrected chi connectivity index (χ2v) is 9.14. The fourth-order valence-corrected chi connectivity index (χ4v) is 5.15. The highest BCUT2D eigenvalue weighted by molar-refractivity contribution is 7.07. The van der Waals surface area contributed by atoms with Crippen molar-refractivity contribution in [3.05, 3.63) is 115 Å². The van der Waals surface area contributed by atoms with Crippen molar-refractivity contribution in [1.29, 1.82) is 0 Å². The lowest BCUT2D eigenvalue weighted by molar-refractivity contribution is -0.113. The average molecular weight is 486 g/mol. The number of nitrogens with zero attached hydrogens (tertiary/aromatic N) is 2. The van der Waals surface area contributed by atoms with Crippen LogP contribution in [0.5, 0.6) is 5.75 Å². The third kappa shape index (κ3) is 4.36. The summed E-state index contributed by atoms with van der Waals surface area (Å²) in [6.07, 6.45) is 1.71. The summed E-state index contributed by atoms with van der Waals surface area (Å²) >= 11 is 1.27. The number of anilines is 1. The minimum Gasteiger partial charge on any atom is -0.497 e. The molecule has 1 N–H and O–H groups in total. The van der Waals surface area contributed by atoms with Crippen LogP contribution in [0.3, 0.4) is 0 Å². The van der Waals surface area contributed by atoms with Gasteiger partial charge in [0, 0.05) is 11.8 Å². The molecule has 1 amide bonds. The Morgan fingerprint density at radius 2 is 1.91 bits per heavy atom. The maximum absolute atomic E-state index is 13.7. The number of aryl methyl sites for hydroxylation is 1. The van der Waals surface area contributed by atoms with Gasteiger partial charge in [-0.3, -0.25) is 14.2 Å². The molecule has 5 rings (SSSR count). The molecule has 4 aromatic rings. The Hall–Kier alpha value is -4.17. The minimum absolute atomic E-state index is 0.242. The SMILES string of the molecule is COc1cccc(C2C(C(=O)Nc3ccccc3)=C(C)N=c3s/c(=C/c4ccc(C)o4)c(=O)n32)c1. The van der Waals surface area contributed by atoms with Crippen LogP contribution in [0.4, 0.5) is 5.69 Å². The molecule has 2 aromatic heterocycles. The number of hydrogen-bond donors (Lipinski definition) is 1. The molecule has 0 spiro atoms. The van der Waals surface area contributed by atoms with Crippen LogP contribution >= 0.6 is 11.3 Å². The van der Waals surface area contributed by atoms with Gasteiger partial charge in [-0.25, -0.2) is 4.99 Å². The van der Waals surface area contributed by atoms with Gasteiger partial charge in [-0.05, 0) is 55.8 Å². The molecule has 0 saturated carbocycles. The van der Waals surface area contributed by atoms with Gasteiger partial charge in [-0.15, -0.1) is 0 Å². The monoisotopic (exact) mass is 485 g/mol. The van der Waals surface area contributed by atoms with Crippen molar-refractivity contribution in [3.63, 3.8) is 0 Å². The molecule has 0 saturated heterocycles. The number of furan rings is 1. The van der Waals surface area contributed by atoms with Gasteiger partial charge in [0.25, 0.3) is 11.5 Å². The van der Waals surface area contributed by atoms with Gasteiger partial charge in [0.2, 0.25) is 0 Å². The summed E-state index contributed by atoms with van der Waals surface area (Å²) in [5.74, 6) is 1.66. The number of allylic oxidation sites excluding steroid dienone is 1. The lowest BCUT2D eigenvalue weighted by Gasteiger charge is -2.25. The summed E-state index contributed by atoms with van der Waals surface area (Å²) in [5, 5.41) is 2.95. The Bertz CT molecular complexity index is 1630. The molecule has 0 radical (unpaired) electrons. The zero-order valence-electron chi connectivity index (χ0n) is 19.4. The number of carbonyl (C=O) groups is 1. The van der Waals surface area contributed by atoms with E-state index in [1.54, 1.807) is 24.7 Å². The smallest absolute Gasteiger partial charge is 0.271 e. The van der Waals surface area contributed by atoms with Crippen LogP contribution in [0.15, 0.2) is 92.2 Å². The number of nitrogens with one attached hydrogen (secondary N) is 1. The number of amides is 1. The lowest BCUT2D eigenvalue weighted by atomic mass is 9.95. The van der Waals surface area contributed by atoms with E-state index < -0.39 is 6.04 Å². The van der Waals surface area contributed by atoms with Crippen molar-refractivity contribution in [2.24, 2.45) is 4.99 Å². The van der Waals surface area contributed by atoms with E-state index in [1.165, 1.54) is 11.3 Å². The largest absolute Gasteiger partial charge is 0.497 e. The second-order valence-electron chi connectivity index (χ2n) is 8.13. The summed E-state index contributed by atoms with van der Waals surface area (Å²) in [5.41, 5.74) is 2.11. The molecule has 1 atom stereocenters. The van der Waals surface area contributed by atoms with Crippen molar-refractivity contribution in [3.8, 4) is 5.75 Å². The number of para-hydroxylation sites is 1. The first kappa shape index (κ1) is 22.6. The fraction of sp³-hybridized carbons (Fsp3) is 0.148. The van der Waals surface area contributed by atoms with Gasteiger partial charge in [-0.2, -0.15) is 0 Å². The third-order valence-electron chi connectivity index (χ3n) is 5.74. The number of ether oxygens (including phenoxy) is 1. The highest BCUT2D eigenvalue weighted by atomic mass is 32.1. The standard InChI is InChI=1S/C27H23N3O4S/c1-16-12-13-21(34-16)15-22-26(32)30-24(18-8-7-11-20(14-18)33-3)23(17(2)28-27(30)35-22)25(31)29-19-9-5-4-6-10-19/h4-15,24H,1-3H3,(H,29,31)/b22-15+. The third-order valence-corrected chi connectivity index (χ3v) is 6.72. The van der Waals surface area contributed by atoms with Crippen LogP contribution in [0, 0.1) is 6.92 Å². The van der Waals surface area contributed by atoms with Crippen molar-refractivity contribution >= 4 is 29.0 Å². The quantitative estimate of drug-likeness (QED) is 0.466. The molecular formula is C27H23N3O4S. The zero-order chi connectivity index (χ0) is 24.5. The topological polar surface area (TPSA) is 85.8 Å². The number of aromatic nitrogens is 1. The van der Waals surface area contributed by atoms with E-state index >= 15 is 0 Å². The molecule has 0 fully saturated rings. The number of fused-ring (bicyclic) bond motifs is 1. The molecule has 35 heavy (non-hydrogen) atoms. The van der Waals surface area contributed by atoms with E-state index in [4.69, 9.17) is 9.15 Å². The Balaban J connectivity index is 1.69. The van der Waals surface area contributed by atoms with Gasteiger partial charge in [0.15, 0.2) is 4.80 Å². The van der Waals surface area contributed by atoms with Crippen molar-refractivity contribution < 1.29 is 13.9 Å². The number of benzene rings is 2. The van der Waals surface area contributed by atoms with Gasteiger partial charge < -0.3 is 14.5 Å². The van der Waals surface area contributed by atoms with E-state index in [9.17, 15) is 9.59 Å². The van der Waals surface area contributed by atoms with Crippen LogP contribution in [0.25, 0.3) is 6.08 Å². The Kier molecular flexibility index (Phi) is 5.96. The fourth-order valence-electron chi connectivity index (χ4n) is 4.12. The van der Waals surface area contributed by atoms with E-state index in [-0.39, 0.29) is 11.5 Å². The molecule has 3 heterocycles. The van der Waals surface area contributed by atoms with E-state index in [2.05, 4.69) is 10.3 Å². The number of carbonyl (C=O) groups excluding carboxylic acids is 1. The van der Waals surface area contributed by atoms with Gasteiger partial charge in [0.05, 0.1) is 29.0 Å². The van der Waals surface area contributed by atoms with Crippen LogP contribution in [0.1, 0.15) is 30.0 Å². The predicted molar refractivity (Wildman–Crippen MR) is 135 cm³/mol. The molecule has 176 valence electrons. The number of methoxy groups -OCH3 is 1. The Morgan fingerprint density at radius 1 is 1.11 bits per heavy atom. The molecule has 1 aliphatic heterocycles. The Morgan fingerprint density at radius 3 is 2.63 bits per heavy atom. The van der Waals surface area contributed by atoms with Gasteiger partial charge in [-0.1, -0.05) is 41.7 Å². The van der Waals surface area contributed by atoms with Crippen LogP contribution < -0.4 is 24.9 Å². The van der Waals surface area contributed by atoms with Crippen LogP contribution in [-0.2, 0) is 4.79 Å². The molecule has 0 aliphatic carbocycles. The molecular weight excluding hydrogens is 462 g/mol. The predicted octanol–water partition coefficient (Wildman–Crippen LogP) is 3.78. The molecule has 0 bridgehead atoms. The maximum atomic E-state index is 13.7. The van der Waals surface area contributed by atoms with Crippen molar-refractivity contribution in [2.45, 2.75) is 19.9 Å². The first-order chi connectivity index (χ1) is 16.9. The number of hydrogen-bond acceptors (Lipinski definition) is 6. The van der Waals surface area contributed by atoms with E-state index in [0.717, 1.165) is 11.3 Å². The Labute approximate surface area is 205 Å². The maximum Gasteiger partial charge on any atom is 0.271 e. The molecule has 1 aliphatic rings. The molecule has 8 heteroatoms. The number of rotatable bonds is 5. The minimum atomic E-state index is -0.675. The van der Waals surface area contributed by atoms with E-state index in [0.29, 0.717) is 37.8 Å². The van der Waals surface area contributed by atoms with E-state index in [1.807, 2.05) is 73.7 Å². The number of thiazole rings is 1. The highest BCUT2D eigenvalue weighted by Crippen LogP contribution is 2.32. The van der Waals surface area contributed by atoms with Crippen LogP contribution in [0.2, 0.25) is 0 Å². The molecule has 1 unspecified atom stereocenters. The first-order valence-corrected chi connectivity index (χ1v) is 11.9. The molecule has 7 nitrogen and oxygen atoms in total. The normalized spacial score (nSPS) is 15.5. The summed E-state index contributed by atoms with van der Waals surface area (Å²) in [4.78, 5) is 32.4. The highest BCUT2D eigenvalue weighted by Gasteiger charge is 2.32. The van der Waals surface area contributed by atoms with Crippen molar-refractivity contribution in [1.82, 2.24) is 4.57 Å². The van der Waals surface area contributed by atoms with Gasteiger partial charge in [0.1, 0.15) is 17.3 Å². The second kappa shape index (κ2) is 9.23. The summed E-state index contributed by atoms with van der Waals surface area (Å²) in [7, 11) is 1.58. The zero-order valence-corrected chi connectivity index (χ0v) is 20.3. The summed E-state index contributed by atoms with van der Waals surface area (Å²) in [6, 6.07) is 19.6. The summed E-state index contributed by atoms with van der Waals surface area (Å²) < 4.78 is 13.1. The van der Waals surface area contributed by atoms with Gasteiger partial charge >= 0.3 is 0 Å². The van der Waals surface area contributed by atoms with Crippen LogP contribution in [-0.4, -0.2) is 17.6 Å².